The lowest BCUT2D eigenvalue weighted by atomic mass is 10.2. The van der Waals surface area contributed by atoms with Crippen LogP contribution in [0.1, 0.15) is 6.42 Å². The fourth-order valence-corrected chi connectivity index (χ4v) is 2.07. The van der Waals surface area contributed by atoms with Crippen molar-refractivity contribution in [3.05, 3.63) is 16.8 Å². The molecule has 1 aliphatic rings. The van der Waals surface area contributed by atoms with E-state index in [1.165, 1.54) is 0 Å². The van der Waals surface area contributed by atoms with Gasteiger partial charge in [0.15, 0.2) is 0 Å². The zero-order chi connectivity index (χ0) is 9.97. The predicted molar refractivity (Wildman–Crippen MR) is 62.6 cm³/mol. The molecule has 3 N–H and O–H groups in total. The molecular formula is C9H13ClN2O2S. The molecule has 0 bridgehead atoms. The summed E-state index contributed by atoms with van der Waals surface area (Å²) in [5.74, 6) is -0.0695. The van der Waals surface area contributed by atoms with Crippen molar-refractivity contribution in [2.75, 3.05) is 11.9 Å². The molecule has 1 aliphatic heterocycles. The van der Waals surface area contributed by atoms with Crippen LogP contribution in [-0.4, -0.2) is 29.7 Å². The molecule has 0 unspecified atom stereocenters. The lowest BCUT2D eigenvalue weighted by molar-refractivity contribution is -0.117. The number of aliphatic hydroxyl groups is 1. The number of rotatable bonds is 2. The molecule has 1 aromatic heterocycles. The molecule has 1 fully saturated rings. The maximum Gasteiger partial charge on any atom is 0.241 e. The van der Waals surface area contributed by atoms with Gasteiger partial charge >= 0.3 is 0 Å². The minimum absolute atomic E-state index is 0. The molecule has 15 heavy (non-hydrogen) atoms. The molecule has 1 aromatic rings. The number of halogens is 1. The highest BCUT2D eigenvalue weighted by atomic mass is 35.5. The summed E-state index contributed by atoms with van der Waals surface area (Å²) in [5.41, 5.74) is 0.822. The first-order valence-electron chi connectivity index (χ1n) is 4.50. The van der Waals surface area contributed by atoms with Gasteiger partial charge in [-0.25, -0.2) is 0 Å². The summed E-state index contributed by atoms with van der Waals surface area (Å²) >= 11 is 1.54. The Morgan fingerprint density at radius 1 is 1.67 bits per heavy atom. The van der Waals surface area contributed by atoms with Crippen molar-refractivity contribution in [3.63, 3.8) is 0 Å². The highest BCUT2D eigenvalue weighted by Crippen LogP contribution is 2.14. The molecule has 2 atom stereocenters. The fraction of sp³-hybridized carbons (Fsp3) is 0.444. The van der Waals surface area contributed by atoms with Crippen LogP contribution in [0.2, 0.25) is 0 Å². The number of hydrogen-bond donors (Lipinski definition) is 3. The van der Waals surface area contributed by atoms with E-state index in [2.05, 4.69) is 10.6 Å². The highest BCUT2D eigenvalue weighted by molar-refractivity contribution is 7.08. The first-order valence-corrected chi connectivity index (χ1v) is 5.44. The zero-order valence-corrected chi connectivity index (χ0v) is 9.61. The van der Waals surface area contributed by atoms with Crippen molar-refractivity contribution < 1.29 is 9.90 Å². The van der Waals surface area contributed by atoms with E-state index in [0.29, 0.717) is 13.0 Å². The Morgan fingerprint density at radius 3 is 3.00 bits per heavy atom. The lowest BCUT2D eigenvalue weighted by Crippen LogP contribution is -2.35. The second kappa shape index (κ2) is 5.46. The van der Waals surface area contributed by atoms with Crippen molar-refractivity contribution in [3.8, 4) is 0 Å². The molecule has 1 saturated heterocycles. The van der Waals surface area contributed by atoms with Gasteiger partial charge in [0.05, 0.1) is 17.8 Å². The lowest BCUT2D eigenvalue weighted by Gasteiger charge is -2.09. The quantitative estimate of drug-likeness (QED) is 0.727. The zero-order valence-electron chi connectivity index (χ0n) is 7.97. The topological polar surface area (TPSA) is 61.4 Å². The highest BCUT2D eigenvalue weighted by Gasteiger charge is 2.27. The third-order valence-corrected chi connectivity index (χ3v) is 2.90. The number of thiophene rings is 1. The number of hydrogen-bond acceptors (Lipinski definition) is 4. The van der Waals surface area contributed by atoms with Crippen LogP contribution in [0, 0.1) is 0 Å². The minimum Gasteiger partial charge on any atom is -0.392 e. The SMILES string of the molecule is Cl.O=C(Nc1ccsc1)[C@H]1C[C@H](O)CN1. The summed E-state index contributed by atoms with van der Waals surface area (Å²) in [6, 6.07) is 1.60. The molecule has 0 spiro atoms. The normalized spacial score (nSPS) is 24.6. The van der Waals surface area contributed by atoms with E-state index in [9.17, 15) is 9.90 Å². The minimum atomic E-state index is -0.395. The van der Waals surface area contributed by atoms with Crippen LogP contribution in [-0.2, 0) is 4.79 Å². The van der Waals surface area contributed by atoms with E-state index in [1.807, 2.05) is 16.8 Å². The number of nitrogens with one attached hydrogen (secondary N) is 2. The van der Waals surface area contributed by atoms with Crippen molar-refractivity contribution in [1.29, 1.82) is 0 Å². The molecule has 2 heterocycles. The second-order valence-electron chi connectivity index (χ2n) is 3.35. The van der Waals surface area contributed by atoms with Gasteiger partial charge in [-0.05, 0) is 17.9 Å². The molecule has 0 saturated carbocycles. The maximum absolute atomic E-state index is 11.6. The summed E-state index contributed by atoms with van der Waals surface area (Å²) in [6.45, 7) is 0.502. The van der Waals surface area contributed by atoms with Crippen LogP contribution in [0.25, 0.3) is 0 Å². The summed E-state index contributed by atoms with van der Waals surface area (Å²) in [7, 11) is 0. The number of carbonyl (C=O) groups is 1. The molecule has 0 aliphatic carbocycles. The summed E-state index contributed by atoms with van der Waals surface area (Å²) in [6.07, 6.45) is 0.101. The smallest absolute Gasteiger partial charge is 0.241 e. The maximum atomic E-state index is 11.6. The average Bonchev–Trinajstić information content (AvgIpc) is 2.75. The molecule has 2 rings (SSSR count). The Morgan fingerprint density at radius 2 is 2.47 bits per heavy atom. The molecule has 1 amide bonds. The van der Waals surface area contributed by atoms with Crippen LogP contribution in [0.4, 0.5) is 5.69 Å². The van der Waals surface area contributed by atoms with Crippen LogP contribution < -0.4 is 10.6 Å². The molecule has 0 aromatic carbocycles. The first-order chi connectivity index (χ1) is 6.75. The van der Waals surface area contributed by atoms with Crippen LogP contribution in [0.15, 0.2) is 16.8 Å². The van der Waals surface area contributed by atoms with Gasteiger partial charge in [0.25, 0.3) is 0 Å². The first kappa shape index (κ1) is 12.4. The van der Waals surface area contributed by atoms with Crippen LogP contribution in [0.5, 0.6) is 0 Å². The Hall–Kier alpha value is -0.620. The van der Waals surface area contributed by atoms with Gasteiger partial charge in [-0.3, -0.25) is 4.79 Å². The van der Waals surface area contributed by atoms with Crippen molar-refractivity contribution in [2.24, 2.45) is 0 Å². The standard InChI is InChI=1S/C9H12N2O2S.ClH/c12-7-3-8(10-4-7)9(13)11-6-1-2-14-5-6;/h1-2,5,7-8,10,12H,3-4H2,(H,11,13);1H/t7-,8+;/m0./s1. The molecule has 0 radical (unpaired) electrons. The largest absolute Gasteiger partial charge is 0.392 e. The molecule has 84 valence electrons. The monoisotopic (exact) mass is 248 g/mol. The third kappa shape index (κ3) is 3.17. The molecule has 6 heteroatoms. The number of amides is 1. The number of aliphatic hydroxyl groups excluding tert-OH is 1. The Kier molecular flexibility index (Phi) is 4.53. The van der Waals surface area contributed by atoms with Gasteiger partial charge < -0.3 is 15.7 Å². The van der Waals surface area contributed by atoms with E-state index in [0.717, 1.165) is 5.69 Å². The van der Waals surface area contributed by atoms with Crippen molar-refractivity contribution in [1.82, 2.24) is 5.32 Å². The van der Waals surface area contributed by atoms with E-state index in [-0.39, 0.29) is 24.4 Å². The number of anilines is 1. The fourth-order valence-electron chi connectivity index (χ4n) is 1.48. The summed E-state index contributed by atoms with van der Waals surface area (Å²) in [5, 5.41) is 18.8. The molecular weight excluding hydrogens is 236 g/mol. The van der Waals surface area contributed by atoms with E-state index in [1.54, 1.807) is 11.3 Å². The van der Waals surface area contributed by atoms with Crippen LogP contribution in [0.3, 0.4) is 0 Å². The van der Waals surface area contributed by atoms with Gasteiger partial charge in [0.2, 0.25) is 5.91 Å². The van der Waals surface area contributed by atoms with Gasteiger partial charge in [0, 0.05) is 11.9 Å². The third-order valence-electron chi connectivity index (χ3n) is 2.21. The van der Waals surface area contributed by atoms with Crippen molar-refractivity contribution in [2.45, 2.75) is 18.6 Å². The van der Waals surface area contributed by atoms with Gasteiger partial charge in [-0.15, -0.1) is 12.4 Å². The number of β-amino-alcohol motifs (C(OH)–C–C–N with tert-alkyl or cyclic N) is 1. The van der Waals surface area contributed by atoms with E-state index >= 15 is 0 Å². The Bertz CT molecular complexity index is 318. The number of carbonyl (C=O) groups excluding carboxylic acids is 1. The van der Waals surface area contributed by atoms with Crippen LogP contribution >= 0.6 is 23.7 Å². The summed E-state index contributed by atoms with van der Waals surface area (Å²) < 4.78 is 0. The van der Waals surface area contributed by atoms with E-state index in [4.69, 9.17) is 0 Å². The van der Waals surface area contributed by atoms with E-state index < -0.39 is 6.10 Å². The Balaban J connectivity index is 0.00000112. The Labute approximate surface area is 98.1 Å². The van der Waals surface area contributed by atoms with Gasteiger partial charge in [-0.2, -0.15) is 11.3 Å². The summed E-state index contributed by atoms with van der Waals surface area (Å²) in [4.78, 5) is 11.6. The van der Waals surface area contributed by atoms with Gasteiger partial charge in [-0.1, -0.05) is 0 Å². The van der Waals surface area contributed by atoms with Crippen molar-refractivity contribution >= 4 is 35.3 Å². The predicted octanol–water partition coefficient (Wildman–Crippen LogP) is 0.831. The molecule has 4 nitrogen and oxygen atoms in total. The second-order valence-corrected chi connectivity index (χ2v) is 4.13. The van der Waals surface area contributed by atoms with Gasteiger partial charge in [0.1, 0.15) is 0 Å². The average molecular weight is 249 g/mol.